The highest BCUT2D eigenvalue weighted by Crippen LogP contribution is 2.32. The first-order valence-electron chi connectivity index (χ1n) is 12.1. The fourth-order valence-corrected chi connectivity index (χ4v) is 4.24. The fraction of sp³-hybridized carbons (Fsp3) is 0.250. The van der Waals surface area contributed by atoms with E-state index in [9.17, 15) is 18.0 Å². The zero-order chi connectivity index (χ0) is 26.7. The van der Waals surface area contributed by atoms with Gasteiger partial charge in [-0.1, -0.05) is 12.1 Å². The second kappa shape index (κ2) is 10.7. The van der Waals surface area contributed by atoms with Crippen molar-refractivity contribution in [3.63, 3.8) is 0 Å². The first kappa shape index (κ1) is 25.5. The number of rotatable bonds is 6. The molecule has 0 spiro atoms. The smallest absolute Gasteiger partial charge is 0.416 e. The Kier molecular flexibility index (Phi) is 7.15. The topological polar surface area (TPSA) is 78.3 Å². The van der Waals surface area contributed by atoms with Crippen molar-refractivity contribution in [3.05, 3.63) is 90.0 Å². The predicted octanol–water partition coefficient (Wildman–Crippen LogP) is 6.07. The van der Waals surface area contributed by atoms with E-state index in [1.807, 2.05) is 25.3 Å². The zero-order valence-electron chi connectivity index (χ0n) is 20.5. The minimum Gasteiger partial charge on any atom is -0.489 e. The summed E-state index contributed by atoms with van der Waals surface area (Å²) in [4.78, 5) is 16.9. The summed E-state index contributed by atoms with van der Waals surface area (Å²) >= 11 is 0. The van der Waals surface area contributed by atoms with Gasteiger partial charge in [0, 0.05) is 53.8 Å². The Bertz CT molecular complexity index is 1450. The van der Waals surface area contributed by atoms with Crippen LogP contribution in [0.5, 0.6) is 5.75 Å². The van der Waals surface area contributed by atoms with E-state index in [4.69, 9.17) is 9.47 Å². The van der Waals surface area contributed by atoms with Crippen LogP contribution in [0.4, 0.5) is 18.9 Å². The minimum absolute atomic E-state index is 0.0688. The zero-order valence-corrected chi connectivity index (χ0v) is 20.5. The number of amides is 1. The van der Waals surface area contributed by atoms with Crippen molar-refractivity contribution in [3.8, 4) is 22.6 Å². The quantitative estimate of drug-likeness (QED) is 0.333. The number of halogens is 3. The fourth-order valence-electron chi connectivity index (χ4n) is 4.24. The number of carbonyl (C=O) groups excluding carboxylic acids is 1. The van der Waals surface area contributed by atoms with Gasteiger partial charge in [-0.2, -0.15) is 18.3 Å². The predicted molar refractivity (Wildman–Crippen MR) is 135 cm³/mol. The molecule has 10 heteroatoms. The largest absolute Gasteiger partial charge is 0.489 e. The van der Waals surface area contributed by atoms with E-state index < -0.39 is 17.6 Å². The third-order valence-electron chi connectivity index (χ3n) is 6.30. The van der Waals surface area contributed by atoms with Gasteiger partial charge in [-0.15, -0.1) is 0 Å². The Morgan fingerprint density at radius 2 is 1.92 bits per heavy atom. The molecule has 5 rings (SSSR count). The van der Waals surface area contributed by atoms with E-state index in [0.717, 1.165) is 41.7 Å². The van der Waals surface area contributed by atoms with Gasteiger partial charge in [0.1, 0.15) is 11.9 Å². The van der Waals surface area contributed by atoms with Crippen LogP contribution < -0.4 is 10.1 Å². The number of anilines is 1. The molecule has 1 saturated heterocycles. The van der Waals surface area contributed by atoms with Gasteiger partial charge >= 0.3 is 6.18 Å². The number of ether oxygens (including phenoxy) is 2. The SMILES string of the molecule is Cc1ccc(NC(=O)c2cccc(C(F)(F)F)c2)cc1-n1cc(-c2cnccc2OC2CCOCC2)cn1. The van der Waals surface area contributed by atoms with Crippen LogP contribution in [0.15, 0.2) is 73.3 Å². The van der Waals surface area contributed by atoms with E-state index >= 15 is 0 Å². The van der Waals surface area contributed by atoms with E-state index in [1.54, 1.807) is 35.4 Å². The van der Waals surface area contributed by atoms with E-state index in [-0.39, 0.29) is 11.7 Å². The van der Waals surface area contributed by atoms with E-state index in [1.165, 1.54) is 12.1 Å². The van der Waals surface area contributed by atoms with Gasteiger partial charge in [-0.3, -0.25) is 9.78 Å². The van der Waals surface area contributed by atoms with Crippen LogP contribution in [0.2, 0.25) is 0 Å². The number of hydrogen-bond acceptors (Lipinski definition) is 5. The average Bonchev–Trinajstić information content (AvgIpc) is 3.40. The molecule has 0 atom stereocenters. The molecule has 2 aromatic heterocycles. The number of alkyl halides is 3. The van der Waals surface area contributed by atoms with Crippen molar-refractivity contribution in [2.24, 2.45) is 0 Å². The molecule has 1 N–H and O–H groups in total. The number of aromatic nitrogens is 3. The number of carbonyl (C=O) groups is 1. The number of hydrogen-bond donors (Lipinski definition) is 1. The van der Waals surface area contributed by atoms with Gasteiger partial charge in [0.05, 0.1) is 30.7 Å². The Balaban J connectivity index is 1.37. The summed E-state index contributed by atoms with van der Waals surface area (Å²) < 4.78 is 52.5. The number of nitrogens with zero attached hydrogens (tertiary/aromatic N) is 3. The van der Waals surface area contributed by atoms with Gasteiger partial charge < -0.3 is 14.8 Å². The Morgan fingerprint density at radius 1 is 1.11 bits per heavy atom. The van der Waals surface area contributed by atoms with E-state index in [2.05, 4.69) is 15.4 Å². The van der Waals surface area contributed by atoms with E-state index in [0.29, 0.717) is 30.3 Å². The molecule has 4 aromatic rings. The molecule has 38 heavy (non-hydrogen) atoms. The highest BCUT2D eigenvalue weighted by atomic mass is 19.4. The van der Waals surface area contributed by atoms with Crippen LogP contribution in [0.25, 0.3) is 16.8 Å². The average molecular weight is 523 g/mol. The lowest BCUT2D eigenvalue weighted by atomic mass is 10.1. The molecule has 196 valence electrons. The third-order valence-corrected chi connectivity index (χ3v) is 6.30. The highest BCUT2D eigenvalue weighted by molar-refractivity contribution is 6.04. The minimum atomic E-state index is -4.53. The maximum atomic E-state index is 13.1. The molecule has 2 aromatic carbocycles. The number of aryl methyl sites for hydroxylation is 1. The van der Waals surface area contributed by atoms with Gasteiger partial charge in [-0.25, -0.2) is 4.68 Å². The summed E-state index contributed by atoms with van der Waals surface area (Å²) in [6.45, 7) is 3.24. The molecule has 0 radical (unpaired) electrons. The van der Waals surface area contributed by atoms with Crippen molar-refractivity contribution in [2.75, 3.05) is 18.5 Å². The van der Waals surface area contributed by atoms with Crippen LogP contribution >= 0.6 is 0 Å². The molecule has 1 aliphatic rings. The summed E-state index contributed by atoms with van der Waals surface area (Å²) in [5.41, 5.74) is 2.66. The van der Waals surface area contributed by atoms with Crippen LogP contribution in [-0.4, -0.2) is 40.0 Å². The Morgan fingerprint density at radius 3 is 2.71 bits per heavy atom. The van der Waals surface area contributed by atoms with Gasteiger partial charge in [0.15, 0.2) is 0 Å². The molecule has 0 saturated carbocycles. The van der Waals surface area contributed by atoms with Crippen LogP contribution in [0.3, 0.4) is 0 Å². The van der Waals surface area contributed by atoms with Crippen LogP contribution in [0, 0.1) is 6.92 Å². The second-order valence-corrected chi connectivity index (χ2v) is 9.01. The monoisotopic (exact) mass is 522 g/mol. The molecule has 1 fully saturated rings. The molecule has 1 amide bonds. The molecule has 1 aliphatic heterocycles. The van der Waals surface area contributed by atoms with Gasteiger partial charge in [0.25, 0.3) is 5.91 Å². The lowest BCUT2D eigenvalue weighted by Crippen LogP contribution is -2.26. The number of pyridine rings is 1. The van der Waals surface area contributed by atoms with Crippen molar-refractivity contribution in [1.82, 2.24) is 14.8 Å². The summed E-state index contributed by atoms with van der Waals surface area (Å²) in [7, 11) is 0. The highest BCUT2D eigenvalue weighted by Gasteiger charge is 2.31. The lowest BCUT2D eigenvalue weighted by molar-refractivity contribution is -0.137. The molecule has 0 aliphatic carbocycles. The second-order valence-electron chi connectivity index (χ2n) is 9.01. The number of benzene rings is 2. The van der Waals surface area contributed by atoms with Crippen molar-refractivity contribution < 1.29 is 27.4 Å². The van der Waals surface area contributed by atoms with Crippen LogP contribution in [0.1, 0.15) is 34.3 Å². The van der Waals surface area contributed by atoms with Crippen molar-refractivity contribution >= 4 is 11.6 Å². The standard InChI is InChI=1S/C28H25F3N4O3/c1-18-5-6-22(34-27(36)19-3-2-4-21(13-19)28(29,30)31)14-25(18)35-17-20(15-33-35)24-16-32-10-7-26(24)38-23-8-11-37-12-9-23/h2-7,10,13-17,23H,8-9,11-12H2,1H3,(H,34,36). The summed E-state index contributed by atoms with van der Waals surface area (Å²) in [5, 5.41) is 7.18. The summed E-state index contributed by atoms with van der Waals surface area (Å²) in [5.74, 6) is 0.0718. The van der Waals surface area contributed by atoms with Crippen LogP contribution in [-0.2, 0) is 10.9 Å². The summed E-state index contributed by atoms with van der Waals surface area (Å²) in [6, 6.07) is 11.4. The van der Waals surface area contributed by atoms with Crippen molar-refractivity contribution in [2.45, 2.75) is 32.0 Å². The molecular weight excluding hydrogens is 497 g/mol. The lowest BCUT2D eigenvalue weighted by Gasteiger charge is -2.24. The van der Waals surface area contributed by atoms with Crippen molar-refractivity contribution in [1.29, 1.82) is 0 Å². The normalized spacial score (nSPS) is 14.3. The van der Waals surface area contributed by atoms with Gasteiger partial charge in [0.2, 0.25) is 0 Å². The van der Waals surface area contributed by atoms with Gasteiger partial charge in [-0.05, 0) is 48.9 Å². The maximum absolute atomic E-state index is 13.1. The summed E-state index contributed by atoms with van der Waals surface area (Å²) in [6.07, 6.45) is 4.14. The molecule has 0 bridgehead atoms. The molecule has 3 heterocycles. The number of nitrogens with one attached hydrogen (secondary N) is 1. The molecule has 7 nitrogen and oxygen atoms in total. The Labute approximate surface area is 217 Å². The first-order chi connectivity index (χ1) is 18.3. The maximum Gasteiger partial charge on any atom is 0.416 e. The first-order valence-corrected chi connectivity index (χ1v) is 12.1. The molecular formula is C28H25F3N4O3. The Hall–Kier alpha value is -4.18. The molecule has 0 unspecified atom stereocenters. The third kappa shape index (κ3) is 5.70.